The second kappa shape index (κ2) is 10.0. The maximum absolute atomic E-state index is 12.0. The molecule has 3 rings (SSSR count). The number of amides is 1. The van der Waals surface area contributed by atoms with E-state index in [1.807, 2.05) is 38.1 Å². The van der Waals surface area contributed by atoms with Gasteiger partial charge in [-0.15, -0.1) is 0 Å². The van der Waals surface area contributed by atoms with Crippen LogP contribution in [0.4, 0.5) is 0 Å². The summed E-state index contributed by atoms with van der Waals surface area (Å²) in [6.45, 7) is 3.80. The second-order valence-corrected chi connectivity index (χ2v) is 6.60. The average Bonchev–Trinajstić information content (AvgIpc) is 2.76. The molecule has 0 aliphatic rings. The zero-order valence-electron chi connectivity index (χ0n) is 16.8. The number of carbonyl (C=O) groups is 2. The van der Waals surface area contributed by atoms with Crippen LogP contribution in [-0.2, 0) is 4.79 Å². The lowest BCUT2D eigenvalue weighted by Gasteiger charge is -2.09. The van der Waals surface area contributed by atoms with Gasteiger partial charge in [0.1, 0.15) is 11.5 Å². The molecule has 6 nitrogen and oxygen atoms in total. The largest absolute Gasteiger partial charge is 0.483 e. The minimum atomic E-state index is -0.423. The molecule has 6 heteroatoms. The highest BCUT2D eigenvalue weighted by atomic mass is 16.5. The normalized spacial score (nSPS) is 10.6. The SMILES string of the molecule is Cc1cccc(OCC(=O)N/N=C\c2ccc(OC(=O)c3ccccc3)cc2)c1C. The van der Waals surface area contributed by atoms with E-state index in [-0.39, 0.29) is 12.5 Å². The van der Waals surface area contributed by atoms with Gasteiger partial charge in [0.25, 0.3) is 5.91 Å². The van der Waals surface area contributed by atoms with Crippen molar-refractivity contribution in [2.24, 2.45) is 5.10 Å². The number of esters is 1. The van der Waals surface area contributed by atoms with E-state index in [1.54, 1.807) is 48.5 Å². The first-order valence-corrected chi connectivity index (χ1v) is 9.41. The lowest BCUT2D eigenvalue weighted by Crippen LogP contribution is -2.24. The van der Waals surface area contributed by atoms with Gasteiger partial charge >= 0.3 is 5.97 Å². The Morgan fingerprint density at radius 2 is 1.67 bits per heavy atom. The van der Waals surface area contributed by atoms with E-state index in [2.05, 4.69) is 10.5 Å². The third-order valence-electron chi connectivity index (χ3n) is 4.42. The van der Waals surface area contributed by atoms with Gasteiger partial charge < -0.3 is 9.47 Å². The summed E-state index contributed by atoms with van der Waals surface area (Å²) in [7, 11) is 0. The number of hydrogen-bond donors (Lipinski definition) is 1. The number of nitrogens with zero attached hydrogens (tertiary/aromatic N) is 1. The lowest BCUT2D eigenvalue weighted by atomic mass is 10.1. The number of hydrogen-bond acceptors (Lipinski definition) is 5. The molecular weight excluding hydrogens is 380 g/mol. The molecule has 30 heavy (non-hydrogen) atoms. The Morgan fingerprint density at radius 3 is 2.40 bits per heavy atom. The summed E-state index contributed by atoms with van der Waals surface area (Å²) >= 11 is 0. The molecule has 0 aliphatic heterocycles. The van der Waals surface area contributed by atoms with Gasteiger partial charge in [0.05, 0.1) is 11.8 Å². The van der Waals surface area contributed by atoms with Crippen LogP contribution in [0.2, 0.25) is 0 Å². The Balaban J connectivity index is 1.47. The third kappa shape index (κ3) is 5.78. The van der Waals surface area contributed by atoms with Crippen molar-refractivity contribution in [3.63, 3.8) is 0 Å². The number of carbonyl (C=O) groups excluding carboxylic acids is 2. The van der Waals surface area contributed by atoms with Gasteiger partial charge in [-0.25, -0.2) is 10.2 Å². The number of nitrogens with one attached hydrogen (secondary N) is 1. The van der Waals surface area contributed by atoms with Gasteiger partial charge in [-0.2, -0.15) is 5.10 Å². The highest BCUT2D eigenvalue weighted by Gasteiger charge is 2.07. The van der Waals surface area contributed by atoms with E-state index in [0.29, 0.717) is 17.1 Å². The molecule has 0 atom stereocenters. The summed E-state index contributed by atoms with van der Waals surface area (Å²) in [5.74, 6) is 0.315. The van der Waals surface area contributed by atoms with Gasteiger partial charge in [-0.3, -0.25) is 4.79 Å². The van der Waals surface area contributed by atoms with E-state index in [0.717, 1.165) is 16.7 Å². The zero-order chi connectivity index (χ0) is 21.3. The Morgan fingerprint density at radius 1 is 0.933 bits per heavy atom. The molecule has 3 aromatic rings. The van der Waals surface area contributed by atoms with Gasteiger partial charge in [0, 0.05) is 0 Å². The van der Waals surface area contributed by atoms with Crippen molar-refractivity contribution in [2.75, 3.05) is 6.61 Å². The molecule has 0 spiro atoms. The molecule has 0 fully saturated rings. The molecule has 0 heterocycles. The summed E-state index contributed by atoms with van der Waals surface area (Å²) in [5, 5.41) is 3.92. The van der Waals surface area contributed by atoms with E-state index < -0.39 is 5.97 Å². The summed E-state index contributed by atoms with van der Waals surface area (Å²) in [5.41, 5.74) is 5.75. The van der Waals surface area contributed by atoms with Crippen LogP contribution in [0.5, 0.6) is 11.5 Å². The fourth-order valence-corrected chi connectivity index (χ4v) is 2.60. The van der Waals surface area contributed by atoms with E-state index >= 15 is 0 Å². The molecule has 0 saturated carbocycles. The Hall–Kier alpha value is -3.93. The van der Waals surface area contributed by atoms with Crippen molar-refractivity contribution in [1.82, 2.24) is 5.43 Å². The van der Waals surface area contributed by atoms with Crippen molar-refractivity contribution in [1.29, 1.82) is 0 Å². The average molecular weight is 402 g/mol. The van der Waals surface area contributed by atoms with E-state index in [9.17, 15) is 9.59 Å². The number of aryl methyl sites for hydroxylation is 1. The predicted octanol–water partition coefficient (Wildman–Crippen LogP) is 4.05. The maximum Gasteiger partial charge on any atom is 0.343 e. The van der Waals surface area contributed by atoms with Crippen LogP contribution >= 0.6 is 0 Å². The smallest absolute Gasteiger partial charge is 0.343 e. The zero-order valence-corrected chi connectivity index (χ0v) is 16.8. The van der Waals surface area contributed by atoms with Gasteiger partial charge in [0.2, 0.25) is 0 Å². The molecular formula is C24H22N2O4. The van der Waals surface area contributed by atoms with Crippen LogP contribution < -0.4 is 14.9 Å². The van der Waals surface area contributed by atoms with Crippen LogP contribution in [0, 0.1) is 13.8 Å². The minimum absolute atomic E-state index is 0.129. The fourth-order valence-electron chi connectivity index (χ4n) is 2.60. The van der Waals surface area contributed by atoms with Crippen LogP contribution in [0.1, 0.15) is 27.0 Å². The van der Waals surface area contributed by atoms with Gasteiger partial charge in [0.15, 0.2) is 6.61 Å². The first kappa shape index (κ1) is 20.8. The molecule has 0 bridgehead atoms. The second-order valence-electron chi connectivity index (χ2n) is 6.60. The molecule has 1 amide bonds. The number of hydrazone groups is 1. The van der Waals surface area contributed by atoms with Crippen LogP contribution in [0.15, 0.2) is 77.9 Å². The number of benzene rings is 3. The minimum Gasteiger partial charge on any atom is -0.483 e. The maximum atomic E-state index is 12.0. The lowest BCUT2D eigenvalue weighted by molar-refractivity contribution is -0.123. The Bertz CT molecular complexity index is 1040. The van der Waals surface area contributed by atoms with Crippen molar-refractivity contribution >= 4 is 18.1 Å². The van der Waals surface area contributed by atoms with Crippen LogP contribution in [0.3, 0.4) is 0 Å². The summed E-state index contributed by atoms with van der Waals surface area (Å²) < 4.78 is 10.9. The molecule has 3 aromatic carbocycles. The summed E-state index contributed by atoms with van der Waals surface area (Å²) in [6.07, 6.45) is 1.50. The summed E-state index contributed by atoms with van der Waals surface area (Å²) in [4.78, 5) is 23.9. The van der Waals surface area contributed by atoms with Crippen molar-refractivity contribution in [2.45, 2.75) is 13.8 Å². The van der Waals surface area contributed by atoms with Gasteiger partial charge in [-0.1, -0.05) is 30.3 Å². The standard InChI is InChI=1S/C24H22N2O4/c1-17-7-6-10-22(18(17)2)29-16-23(27)26-25-15-19-11-13-21(14-12-19)30-24(28)20-8-4-3-5-9-20/h3-15H,16H2,1-2H3,(H,26,27)/b25-15-. The quantitative estimate of drug-likeness (QED) is 0.280. The highest BCUT2D eigenvalue weighted by Crippen LogP contribution is 2.20. The van der Waals surface area contributed by atoms with Gasteiger partial charge in [-0.05, 0) is 73.0 Å². The number of ether oxygens (including phenoxy) is 2. The Labute approximate surface area is 175 Å². The van der Waals surface area contributed by atoms with Crippen LogP contribution in [0.25, 0.3) is 0 Å². The third-order valence-corrected chi connectivity index (χ3v) is 4.42. The molecule has 0 unspecified atom stereocenters. The highest BCUT2D eigenvalue weighted by molar-refractivity contribution is 5.91. The number of rotatable bonds is 7. The molecule has 1 N–H and O–H groups in total. The fraction of sp³-hybridized carbons (Fsp3) is 0.125. The van der Waals surface area contributed by atoms with Crippen molar-refractivity contribution in [3.05, 3.63) is 95.1 Å². The first-order chi connectivity index (χ1) is 14.5. The Kier molecular flexibility index (Phi) is 6.95. The topological polar surface area (TPSA) is 77.0 Å². The first-order valence-electron chi connectivity index (χ1n) is 9.41. The van der Waals surface area contributed by atoms with E-state index in [1.165, 1.54) is 6.21 Å². The molecule has 0 saturated heterocycles. The monoisotopic (exact) mass is 402 g/mol. The molecule has 0 aliphatic carbocycles. The summed E-state index contributed by atoms with van der Waals surface area (Å²) in [6, 6.07) is 21.2. The molecule has 0 radical (unpaired) electrons. The predicted molar refractivity (Wildman–Crippen MR) is 115 cm³/mol. The van der Waals surface area contributed by atoms with E-state index in [4.69, 9.17) is 9.47 Å². The van der Waals surface area contributed by atoms with Crippen molar-refractivity contribution in [3.8, 4) is 11.5 Å². The molecule has 152 valence electrons. The van der Waals surface area contributed by atoms with Crippen molar-refractivity contribution < 1.29 is 19.1 Å². The molecule has 0 aromatic heterocycles. The van der Waals surface area contributed by atoms with Crippen LogP contribution in [-0.4, -0.2) is 24.7 Å².